The lowest BCUT2D eigenvalue weighted by atomic mass is 9.90. The van der Waals surface area contributed by atoms with E-state index in [0.29, 0.717) is 13.1 Å². The highest BCUT2D eigenvalue weighted by molar-refractivity contribution is 7.77. The normalized spacial score (nSPS) is 39.7. The van der Waals surface area contributed by atoms with Gasteiger partial charge in [-0.1, -0.05) is 0 Å². The molecule has 37 heavy (non-hydrogen) atoms. The number of nitriles is 1. The number of likely N-dealkylation sites (tertiary alicyclic amines) is 1. The number of rotatable bonds is 8. The number of nitrogens with zero attached hydrogens (tertiary/aromatic N) is 3. The molecule has 0 radical (unpaired) electrons. The van der Waals surface area contributed by atoms with Gasteiger partial charge in [0.2, 0.25) is 17.1 Å². The van der Waals surface area contributed by atoms with Crippen molar-refractivity contribution in [1.82, 2.24) is 14.5 Å². The van der Waals surface area contributed by atoms with Gasteiger partial charge in [-0.15, -0.1) is 0 Å². The van der Waals surface area contributed by atoms with Crippen LogP contribution in [0.3, 0.4) is 0 Å². The average Bonchev–Trinajstić information content (AvgIpc) is 3.49. The second-order valence-electron chi connectivity index (χ2n) is 12.0. The lowest BCUT2D eigenvalue weighted by molar-refractivity contribution is -0.290. The number of nitrogens with one attached hydrogen (secondary N) is 1. The number of hydrogen-bond donors (Lipinski definition) is 1. The second-order valence-corrected chi connectivity index (χ2v) is 13.2. The van der Waals surface area contributed by atoms with Crippen molar-refractivity contribution in [3.63, 3.8) is 0 Å². The fourth-order valence-electron chi connectivity index (χ4n) is 6.20. The standard InChI is InChI=1S/C25H42N4O7S/c1-22(2)33-19-16-31-25(21(20(19)34-22)35-23(3,4)36-25)17-32-37(30)29-12-8-24(5,9-13-29)27-10-14-28-11-6-7-18(28)15-26/h18-21,27H,6-14,16-17H2,1-5H3/t18-,19+,20+,21-,25-,37?/m0/s1. The number of piperidine rings is 1. The number of hydrogen-bond acceptors (Lipinski definition) is 10. The zero-order valence-electron chi connectivity index (χ0n) is 22.7. The molecule has 210 valence electrons. The molecule has 0 aromatic heterocycles. The summed E-state index contributed by atoms with van der Waals surface area (Å²) in [6.07, 6.45) is 2.57. The summed E-state index contributed by atoms with van der Waals surface area (Å²) in [6.45, 7) is 13.9. The topological polar surface area (TPSA) is 115 Å². The maximum absolute atomic E-state index is 13.1. The summed E-state index contributed by atoms with van der Waals surface area (Å²) in [5, 5.41) is 13.0. The fraction of sp³-hybridized carbons (Fsp3) is 0.960. The Morgan fingerprint density at radius 1 is 1.08 bits per heavy atom. The van der Waals surface area contributed by atoms with Gasteiger partial charge in [-0.3, -0.25) is 9.08 Å². The Kier molecular flexibility index (Phi) is 7.79. The molecular weight excluding hydrogens is 500 g/mol. The van der Waals surface area contributed by atoms with E-state index in [-0.39, 0.29) is 37.0 Å². The van der Waals surface area contributed by atoms with Gasteiger partial charge in [-0.25, -0.2) is 8.51 Å². The van der Waals surface area contributed by atoms with Crippen LogP contribution in [0, 0.1) is 11.3 Å². The summed E-state index contributed by atoms with van der Waals surface area (Å²) in [7, 11) is 0. The molecule has 11 nitrogen and oxygen atoms in total. The van der Waals surface area contributed by atoms with E-state index in [1.165, 1.54) is 0 Å². The van der Waals surface area contributed by atoms with Crippen molar-refractivity contribution in [3.8, 4) is 6.07 Å². The molecule has 5 fully saturated rings. The van der Waals surface area contributed by atoms with Crippen LogP contribution in [-0.4, -0.2) is 107 Å². The third-order valence-corrected chi connectivity index (χ3v) is 9.24. The van der Waals surface area contributed by atoms with E-state index >= 15 is 0 Å². The molecule has 0 aliphatic carbocycles. The molecule has 5 saturated heterocycles. The molecule has 0 bridgehead atoms. The van der Waals surface area contributed by atoms with Gasteiger partial charge in [0.25, 0.3) is 0 Å². The molecule has 6 atom stereocenters. The van der Waals surface area contributed by atoms with Gasteiger partial charge in [0.15, 0.2) is 11.6 Å². The first-order valence-corrected chi connectivity index (χ1v) is 14.5. The predicted octanol–water partition coefficient (Wildman–Crippen LogP) is 1.41. The third-order valence-electron chi connectivity index (χ3n) is 8.14. The Morgan fingerprint density at radius 2 is 1.84 bits per heavy atom. The predicted molar refractivity (Wildman–Crippen MR) is 134 cm³/mol. The zero-order chi connectivity index (χ0) is 26.5. The van der Waals surface area contributed by atoms with E-state index in [2.05, 4.69) is 23.2 Å². The Morgan fingerprint density at radius 3 is 2.57 bits per heavy atom. The van der Waals surface area contributed by atoms with Crippen LogP contribution in [0.25, 0.3) is 0 Å². The van der Waals surface area contributed by atoms with Crippen LogP contribution >= 0.6 is 0 Å². The maximum atomic E-state index is 13.1. The van der Waals surface area contributed by atoms with E-state index in [1.807, 2.05) is 32.0 Å². The first-order chi connectivity index (χ1) is 17.4. The van der Waals surface area contributed by atoms with Crippen LogP contribution in [0.15, 0.2) is 0 Å². The van der Waals surface area contributed by atoms with Gasteiger partial charge < -0.3 is 29.0 Å². The lowest BCUT2D eigenvalue weighted by Crippen LogP contribution is -2.60. The third kappa shape index (κ3) is 5.91. The average molecular weight is 543 g/mol. The highest BCUT2D eigenvalue weighted by Crippen LogP contribution is 2.47. The Balaban J connectivity index is 1.11. The summed E-state index contributed by atoms with van der Waals surface area (Å²) in [5.74, 6) is -2.86. The van der Waals surface area contributed by atoms with Crippen LogP contribution in [0.2, 0.25) is 0 Å². The minimum Gasteiger partial charge on any atom is -0.343 e. The number of ether oxygens (including phenoxy) is 5. The first-order valence-electron chi connectivity index (χ1n) is 13.5. The largest absolute Gasteiger partial charge is 0.343 e. The monoisotopic (exact) mass is 542 g/mol. The van der Waals surface area contributed by atoms with Crippen molar-refractivity contribution in [3.05, 3.63) is 0 Å². The lowest BCUT2D eigenvalue weighted by Gasteiger charge is -2.41. The molecular formula is C25H42N4O7S. The van der Waals surface area contributed by atoms with Crippen molar-refractivity contribution in [2.75, 3.05) is 45.9 Å². The van der Waals surface area contributed by atoms with Gasteiger partial charge in [0, 0.05) is 31.7 Å². The summed E-state index contributed by atoms with van der Waals surface area (Å²) < 4.78 is 51.5. The minimum atomic E-state index is -1.64. The summed E-state index contributed by atoms with van der Waals surface area (Å²) in [6, 6.07) is 2.45. The van der Waals surface area contributed by atoms with E-state index < -0.39 is 34.7 Å². The van der Waals surface area contributed by atoms with E-state index in [1.54, 1.807) is 0 Å². The molecule has 5 aliphatic heterocycles. The van der Waals surface area contributed by atoms with Gasteiger partial charge in [-0.2, -0.15) is 5.26 Å². The Bertz CT molecular complexity index is 906. The van der Waals surface area contributed by atoms with Gasteiger partial charge in [0.1, 0.15) is 24.9 Å². The molecule has 5 aliphatic rings. The highest BCUT2D eigenvalue weighted by atomic mass is 32.2. The highest BCUT2D eigenvalue weighted by Gasteiger charge is 2.65. The van der Waals surface area contributed by atoms with Crippen LogP contribution in [0.1, 0.15) is 60.3 Å². The van der Waals surface area contributed by atoms with Gasteiger partial charge >= 0.3 is 0 Å². The van der Waals surface area contributed by atoms with Crippen LogP contribution in [-0.2, 0) is 39.1 Å². The summed E-state index contributed by atoms with van der Waals surface area (Å²) >= 11 is -1.64. The molecule has 0 aromatic rings. The van der Waals surface area contributed by atoms with Crippen molar-refractivity contribution >= 4 is 11.3 Å². The molecule has 0 aromatic carbocycles. The molecule has 0 saturated carbocycles. The molecule has 0 amide bonds. The van der Waals surface area contributed by atoms with Crippen molar-refractivity contribution in [1.29, 1.82) is 5.26 Å². The van der Waals surface area contributed by atoms with Crippen molar-refractivity contribution < 1.29 is 32.1 Å². The van der Waals surface area contributed by atoms with E-state index in [4.69, 9.17) is 27.9 Å². The van der Waals surface area contributed by atoms with Crippen molar-refractivity contribution in [2.24, 2.45) is 0 Å². The molecule has 5 heterocycles. The molecule has 0 spiro atoms. The zero-order valence-corrected chi connectivity index (χ0v) is 23.5. The number of fused-ring (bicyclic) bond motifs is 3. The smallest absolute Gasteiger partial charge is 0.237 e. The second kappa shape index (κ2) is 10.4. The molecule has 1 N–H and O–H groups in total. The van der Waals surface area contributed by atoms with E-state index in [9.17, 15) is 9.47 Å². The van der Waals surface area contributed by atoms with Crippen LogP contribution in [0.5, 0.6) is 0 Å². The molecule has 5 rings (SSSR count). The first kappa shape index (κ1) is 27.8. The Labute approximate surface area is 222 Å². The minimum absolute atomic E-state index is 0.0348. The Hall–Kier alpha value is -0.720. The molecule has 12 heteroatoms. The fourth-order valence-corrected chi connectivity index (χ4v) is 7.10. The molecule has 1 unspecified atom stereocenters. The van der Waals surface area contributed by atoms with Crippen molar-refractivity contribution in [2.45, 2.75) is 108 Å². The van der Waals surface area contributed by atoms with Crippen LogP contribution in [0.4, 0.5) is 0 Å². The van der Waals surface area contributed by atoms with Crippen LogP contribution < -0.4 is 5.32 Å². The quantitative estimate of drug-likeness (QED) is 0.483. The SMILES string of the molecule is CC1(NCCN2CCC[C@H]2C#N)CCN(S(=O)OC[C@@]23OC[C@H]4OC(C)(C)O[C@H]4[C@@H]2OC(C)(C)O3)CC1. The van der Waals surface area contributed by atoms with E-state index in [0.717, 1.165) is 45.3 Å². The maximum Gasteiger partial charge on any atom is 0.237 e. The van der Waals surface area contributed by atoms with Gasteiger partial charge in [0.05, 0.1) is 18.7 Å². The van der Waals surface area contributed by atoms with Gasteiger partial charge in [-0.05, 0) is 66.8 Å². The summed E-state index contributed by atoms with van der Waals surface area (Å²) in [4.78, 5) is 2.26. The summed E-state index contributed by atoms with van der Waals surface area (Å²) in [5.41, 5.74) is -0.0348.